The Balaban J connectivity index is 1.45. The van der Waals surface area contributed by atoms with Crippen LogP contribution in [0.2, 0.25) is 0 Å². The molecule has 2 N–H and O–H groups in total. The molecule has 2 aromatic heterocycles. The third kappa shape index (κ3) is 3.79. The molecule has 3 heterocycles. The van der Waals surface area contributed by atoms with Gasteiger partial charge in [-0.3, -0.25) is 0 Å². The van der Waals surface area contributed by atoms with E-state index in [1.807, 2.05) is 0 Å². The lowest BCUT2D eigenvalue weighted by Gasteiger charge is -2.22. The summed E-state index contributed by atoms with van der Waals surface area (Å²) in [5.74, 6) is 2.20. The summed E-state index contributed by atoms with van der Waals surface area (Å²) < 4.78 is 0. The van der Waals surface area contributed by atoms with Crippen molar-refractivity contribution in [3.63, 3.8) is 0 Å². The van der Waals surface area contributed by atoms with E-state index >= 15 is 0 Å². The van der Waals surface area contributed by atoms with Crippen molar-refractivity contribution in [3.8, 4) is 0 Å². The maximum Gasteiger partial charge on any atom is 0.147 e. The fourth-order valence-electron chi connectivity index (χ4n) is 3.89. The van der Waals surface area contributed by atoms with Crippen LogP contribution in [0.25, 0.3) is 0 Å². The molecule has 25 heavy (non-hydrogen) atoms. The lowest BCUT2D eigenvalue weighted by atomic mass is 9.95. The number of rotatable bonds is 4. The first kappa shape index (κ1) is 16.4. The number of anilines is 1. The van der Waals surface area contributed by atoms with Gasteiger partial charge in [-0.1, -0.05) is 0 Å². The summed E-state index contributed by atoms with van der Waals surface area (Å²) in [5.41, 5.74) is 4.86. The van der Waals surface area contributed by atoms with E-state index in [0.29, 0.717) is 12.5 Å². The smallest absolute Gasteiger partial charge is 0.147 e. The van der Waals surface area contributed by atoms with Gasteiger partial charge in [-0.05, 0) is 57.6 Å². The third-order valence-electron chi connectivity index (χ3n) is 5.27. The summed E-state index contributed by atoms with van der Waals surface area (Å²) in [5, 5.41) is 6.82. The van der Waals surface area contributed by atoms with E-state index in [1.165, 1.54) is 36.9 Å². The highest BCUT2D eigenvalue weighted by Crippen LogP contribution is 2.23. The molecule has 132 valence electrons. The standard InChI is InChI=1S/C19H26N6/c1-13-15-6-2-3-7-16(15)25-19(24-13)11-21-18-9-17(22-12-23-18)14-5-4-8-20-10-14/h9,12,14,20H,2-8,10-11H2,1H3,(H,21,22,23). The molecule has 6 nitrogen and oxygen atoms in total. The van der Waals surface area contributed by atoms with E-state index in [0.717, 1.165) is 49.0 Å². The quantitative estimate of drug-likeness (QED) is 0.892. The van der Waals surface area contributed by atoms with Crippen LogP contribution >= 0.6 is 0 Å². The molecule has 2 aromatic rings. The minimum atomic E-state index is 0.486. The van der Waals surface area contributed by atoms with Crippen molar-refractivity contribution in [2.75, 3.05) is 18.4 Å². The largest absolute Gasteiger partial charge is 0.363 e. The Kier molecular flexibility index (Phi) is 4.88. The minimum absolute atomic E-state index is 0.486. The molecule has 0 amide bonds. The summed E-state index contributed by atoms with van der Waals surface area (Å²) in [6.45, 7) is 4.83. The summed E-state index contributed by atoms with van der Waals surface area (Å²) >= 11 is 0. The van der Waals surface area contributed by atoms with Crippen LogP contribution in [0.5, 0.6) is 0 Å². The molecular formula is C19H26N6. The number of hydrogen-bond donors (Lipinski definition) is 2. The molecule has 0 radical (unpaired) electrons. The van der Waals surface area contributed by atoms with Crippen molar-refractivity contribution < 1.29 is 0 Å². The number of hydrogen-bond acceptors (Lipinski definition) is 6. The monoisotopic (exact) mass is 338 g/mol. The van der Waals surface area contributed by atoms with Crippen LogP contribution in [0.3, 0.4) is 0 Å². The van der Waals surface area contributed by atoms with Crippen LogP contribution in [0, 0.1) is 6.92 Å². The fraction of sp³-hybridized carbons (Fsp3) is 0.579. The van der Waals surface area contributed by atoms with Gasteiger partial charge in [0.1, 0.15) is 18.0 Å². The van der Waals surface area contributed by atoms with Crippen LogP contribution in [0.15, 0.2) is 12.4 Å². The zero-order valence-corrected chi connectivity index (χ0v) is 14.9. The van der Waals surface area contributed by atoms with Crippen molar-refractivity contribution in [2.45, 2.75) is 57.9 Å². The number of aromatic nitrogens is 4. The van der Waals surface area contributed by atoms with Gasteiger partial charge in [0.15, 0.2) is 0 Å². The van der Waals surface area contributed by atoms with Gasteiger partial charge in [-0.2, -0.15) is 0 Å². The van der Waals surface area contributed by atoms with Gasteiger partial charge in [-0.25, -0.2) is 19.9 Å². The molecule has 1 aliphatic carbocycles. The van der Waals surface area contributed by atoms with Crippen molar-refractivity contribution in [3.05, 3.63) is 40.9 Å². The van der Waals surface area contributed by atoms with Gasteiger partial charge in [0, 0.05) is 29.9 Å². The summed E-state index contributed by atoms with van der Waals surface area (Å²) in [7, 11) is 0. The molecule has 0 saturated carbocycles. The van der Waals surface area contributed by atoms with Crippen LogP contribution in [-0.2, 0) is 19.4 Å². The SMILES string of the molecule is Cc1nc(CNc2cc(C3CCCNC3)ncn2)nc2c1CCCC2. The number of piperidine rings is 1. The molecule has 1 unspecified atom stereocenters. The molecule has 2 aliphatic rings. The van der Waals surface area contributed by atoms with E-state index in [9.17, 15) is 0 Å². The predicted molar refractivity (Wildman–Crippen MR) is 97.6 cm³/mol. The Morgan fingerprint density at radius 2 is 2.08 bits per heavy atom. The average molecular weight is 338 g/mol. The van der Waals surface area contributed by atoms with Crippen molar-refractivity contribution in [1.29, 1.82) is 0 Å². The molecule has 1 aliphatic heterocycles. The molecule has 4 rings (SSSR count). The Labute approximate surface area is 148 Å². The normalized spacial score (nSPS) is 20.1. The summed E-state index contributed by atoms with van der Waals surface area (Å²) in [6, 6.07) is 2.07. The summed E-state index contributed by atoms with van der Waals surface area (Å²) in [4.78, 5) is 18.3. The Morgan fingerprint density at radius 1 is 1.16 bits per heavy atom. The number of nitrogens with one attached hydrogen (secondary N) is 2. The van der Waals surface area contributed by atoms with E-state index in [2.05, 4.69) is 38.6 Å². The fourth-order valence-corrected chi connectivity index (χ4v) is 3.89. The average Bonchev–Trinajstić information content (AvgIpc) is 2.67. The first-order chi connectivity index (χ1) is 12.3. The highest BCUT2D eigenvalue weighted by atomic mass is 15.0. The van der Waals surface area contributed by atoms with E-state index < -0.39 is 0 Å². The highest BCUT2D eigenvalue weighted by molar-refractivity contribution is 5.36. The number of nitrogens with zero attached hydrogens (tertiary/aromatic N) is 4. The van der Waals surface area contributed by atoms with E-state index in [-0.39, 0.29) is 0 Å². The molecular weight excluding hydrogens is 312 g/mol. The lowest BCUT2D eigenvalue weighted by Crippen LogP contribution is -2.28. The molecule has 1 fully saturated rings. The summed E-state index contributed by atoms with van der Waals surface area (Å²) in [6.07, 6.45) is 8.76. The zero-order chi connectivity index (χ0) is 17.1. The maximum atomic E-state index is 4.77. The molecule has 0 spiro atoms. The molecule has 0 bridgehead atoms. The highest BCUT2D eigenvalue weighted by Gasteiger charge is 2.18. The molecule has 1 saturated heterocycles. The van der Waals surface area contributed by atoms with Gasteiger partial charge in [0.05, 0.1) is 12.2 Å². The van der Waals surface area contributed by atoms with Crippen LogP contribution in [-0.4, -0.2) is 33.0 Å². The van der Waals surface area contributed by atoms with Gasteiger partial charge in [0.2, 0.25) is 0 Å². The Bertz CT molecular complexity index is 739. The number of aryl methyl sites for hydroxylation is 2. The second kappa shape index (κ2) is 7.44. The molecule has 1 atom stereocenters. The van der Waals surface area contributed by atoms with Crippen LogP contribution in [0.1, 0.15) is 60.1 Å². The van der Waals surface area contributed by atoms with Gasteiger partial charge >= 0.3 is 0 Å². The van der Waals surface area contributed by atoms with Crippen LogP contribution in [0.4, 0.5) is 5.82 Å². The van der Waals surface area contributed by atoms with E-state index in [1.54, 1.807) is 6.33 Å². The van der Waals surface area contributed by atoms with E-state index in [4.69, 9.17) is 4.98 Å². The third-order valence-corrected chi connectivity index (χ3v) is 5.27. The van der Waals surface area contributed by atoms with Crippen LogP contribution < -0.4 is 10.6 Å². The predicted octanol–water partition coefficient (Wildman–Crippen LogP) is 2.53. The number of fused-ring (bicyclic) bond motifs is 1. The topological polar surface area (TPSA) is 75.6 Å². The zero-order valence-electron chi connectivity index (χ0n) is 14.9. The first-order valence-electron chi connectivity index (χ1n) is 9.41. The minimum Gasteiger partial charge on any atom is -0.363 e. The Hall–Kier alpha value is -2.08. The molecule has 0 aromatic carbocycles. The first-order valence-corrected chi connectivity index (χ1v) is 9.41. The Morgan fingerprint density at radius 3 is 2.96 bits per heavy atom. The second-order valence-electron chi connectivity index (χ2n) is 7.08. The van der Waals surface area contributed by atoms with Crippen molar-refractivity contribution >= 4 is 5.82 Å². The second-order valence-corrected chi connectivity index (χ2v) is 7.08. The van der Waals surface area contributed by atoms with Gasteiger partial charge in [0.25, 0.3) is 0 Å². The maximum absolute atomic E-state index is 4.77. The lowest BCUT2D eigenvalue weighted by molar-refractivity contribution is 0.454. The molecule has 6 heteroatoms. The van der Waals surface area contributed by atoms with Crippen molar-refractivity contribution in [2.24, 2.45) is 0 Å². The van der Waals surface area contributed by atoms with Gasteiger partial charge < -0.3 is 10.6 Å². The van der Waals surface area contributed by atoms with Gasteiger partial charge in [-0.15, -0.1) is 0 Å². The van der Waals surface area contributed by atoms with Crippen molar-refractivity contribution in [1.82, 2.24) is 25.3 Å².